The van der Waals surface area contributed by atoms with Gasteiger partial charge in [0.25, 0.3) is 0 Å². The Morgan fingerprint density at radius 1 is 0.767 bits per heavy atom. The lowest BCUT2D eigenvalue weighted by Gasteiger charge is -2.23. The first-order chi connectivity index (χ1) is 14.6. The number of amides is 1. The van der Waals surface area contributed by atoms with Gasteiger partial charge in [-0.1, -0.05) is 78.9 Å². The first-order valence-corrected chi connectivity index (χ1v) is 9.74. The molecule has 4 nitrogen and oxygen atoms in total. The summed E-state index contributed by atoms with van der Waals surface area (Å²) in [6, 6.07) is 29.6. The summed E-state index contributed by atoms with van der Waals surface area (Å²) in [5, 5.41) is 4.94. The molecular formula is C26H21NO3. The van der Waals surface area contributed by atoms with Crippen LogP contribution in [0.5, 0.6) is 5.75 Å². The Bertz CT molecular complexity index is 1190. The van der Waals surface area contributed by atoms with Crippen LogP contribution in [-0.4, -0.2) is 11.9 Å². The number of esters is 1. The molecular weight excluding hydrogens is 374 g/mol. The highest BCUT2D eigenvalue weighted by molar-refractivity contribution is 5.94. The highest BCUT2D eigenvalue weighted by Gasteiger charge is 2.24. The molecule has 0 aliphatic carbocycles. The molecule has 0 aliphatic rings. The SMILES string of the molecule is CC(=O)NC(c1ccccc1)c1c(OC(=O)c2ccccc2)ccc2ccccc12. The third kappa shape index (κ3) is 4.08. The van der Waals surface area contributed by atoms with Crippen molar-refractivity contribution in [2.45, 2.75) is 13.0 Å². The van der Waals surface area contributed by atoms with Gasteiger partial charge in [-0.15, -0.1) is 0 Å². The second-order valence-corrected chi connectivity index (χ2v) is 7.00. The molecule has 4 heteroatoms. The maximum atomic E-state index is 12.8. The Kier molecular flexibility index (Phi) is 5.57. The molecule has 0 fully saturated rings. The van der Waals surface area contributed by atoms with E-state index < -0.39 is 12.0 Å². The lowest BCUT2D eigenvalue weighted by Crippen LogP contribution is -2.28. The predicted octanol–water partition coefficient (Wildman–Crippen LogP) is 5.28. The molecule has 0 heterocycles. The van der Waals surface area contributed by atoms with E-state index in [1.807, 2.05) is 66.7 Å². The minimum atomic E-state index is -0.464. The molecule has 1 unspecified atom stereocenters. The molecule has 4 aromatic rings. The van der Waals surface area contributed by atoms with Gasteiger partial charge in [-0.2, -0.15) is 0 Å². The zero-order valence-corrected chi connectivity index (χ0v) is 16.5. The minimum Gasteiger partial charge on any atom is -0.423 e. The molecule has 0 saturated heterocycles. The van der Waals surface area contributed by atoms with E-state index in [4.69, 9.17) is 4.74 Å². The Balaban J connectivity index is 1.88. The van der Waals surface area contributed by atoms with E-state index >= 15 is 0 Å². The molecule has 0 bridgehead atoms. The highest BCUT2D eigenvalue weighted by Crippen LogP contribution is 2.37. The van der Waals surface area contributed by atoms with Gasteiger partial charge < -0.3 is 10.1 Å². The lowest BCUT2D eigenvalue weighted by molar-refractivity contribution is -0.119. The molecule has 0 aliphatic heterocycles. The van der Waals surface area contributed by atoms with Gasteiger partial charge in [0.15, 0.2) is 0 Å². The lowest BCUT2D eigenvalue weighted by atomic mass is 9.92. The van der Waals surface area contributed by atoms with Crippen LogP contribution in [0.1, 0.15) is 34.5 Å². The fourth-order valence-corrected chi connectivity index (χ4v) is 3.57. The number of rotatable bonds is 5. The van der Waals surface area contributed by atoms with Crippen molar-refractivity contribution in [3.8, 4) is 5.75 Å². The van der Waals surface area contributed by atoms with E-state index in [1.54, 1.807) is 30.3 Å². The first-order valence-electron chi connectivity index (χ1n) is 9.74. The summed E-state index contributed by atoms with van der Waals surface area (Å²) in [4.78, 5) is 24.8. The second kappa shape index (κ2) is 8.62. The van der Waals surface area contributed by atoms with Crippen molar-refractivity contribution in [3.05, 3.63) is 114 Å². The molecule has 1 amide bonds. The van der Waals surface area contributed by atoms with Crippen molar-refractivity contribution in [3.63, 3.8) is 0 Å². The number of carbonyl (C=O) groups is 2. The van der Waals surface area contributed by atoms with E-state index in [2.05, 4.69) is 5.32 Å². The average Bonchev–Trinajstić information content (AvgIpc) is 2.78. The van der Waals surface area contributed by atoms with Crippen LogP contribution in [0.2, 0.25) is 0 Å². The third-order valence-corrected chi connectivity index (χ3v) is 4.91. The van der Waals surface area contributed by atoms with Crippen LogP contribution in [0.3, 0.4) is 0 Å². The summed E-state index contributed by atoms with van der Waals surface area (Å²) in [5.74, 6) is -0.191. The van der Waals surface area contributed by atoms with Gasteiger partial charge >= 0.3 is 5.97 Å². The summed E-state index contributed by atoms with van der Waals surface area (Å²) < 4.78 is 5.83. The molecule has 1 atom stereocenters. The van der Waals surface area contributed by atoms with E-state index in [0.29, 0.717) is 11.3 Å². The summed E-state index contributed by atoms with van der Waals surface area (Å²) in [6.07, 6.45) is 0. The molecule has 0 saturated carbocycles. The third-order valence-electron chi connectivity index (χ3n) is 4.91. The first kappa shape index (κ1) is 19.4. The monoisotopic (exact) mass is 395 g/mol. The van der Waals surface area contributed by atoms with Gasteiger partial charge in [-0.05, 0) is 34.5 Å². The zero-order valence-electron chi connectivity index (χ0n) is 16.5. The highest BCUT2D eigenvalue weighted by atomic mass is 16.5. The van der Waals surface area contributed by atoms with Gasteiger partial charge in [0.05, 0.1) is 11.6 Å². The van der Waals surface area contributed by atoms with Crippen LogP contribution in [-0.2, 0) is 4.79 Å². The van der Waals surface area contributed by atoms with Crippen molar-refractivity contribution in [2.75, 3.05) is 0 Å². The minimum absolute atomic E-state index is 0.169. The fraction of sp³-hybridized carbons (Fsp3) is 0.0769. The van der Waals surface area contributed by atoms with E-state index in [0.717, 1.165) is 21.9 Å². The van der Waals surface area contributed by atoms with Crippen LogP contribution in [0, 0.1) is 0 Å². The number of nitrogens with one attached hydrogen (secondary N) is 1. The molecule has 4 aromatic carbocycles. The number of carbonyl (C=O) groups excluding carboxylic acids is 2. The molecule has 0 radical (unpaired) electrons. The summed E-state index contributed by atoms with van der Waals surface area (Å²) in [7, 11) is 0. The van der Waals surface area contributed by atoms with E-state index in [9.17, 15) is 9.59 Å². The average molecular weight is 395 g/mol. The van der Waals surface area contributed by atoms with Crippen molar-refractivity contribution in [2.24, 2.45) is 0 Å². The van der Waals surface area contributed by atoms with Gasteiger partial charge in [0.1, 0.15) is 5.75 Å². The quantitative estimate of drug-likeness (QED) is 0.369. The van der Waals surface area contributed by atoms with Gasteiger partial charge in [0, 0.05) is 12.5 Å². The summed E-state index contributed by atoms with van der Waals surface area (Å²) >= 11 is 0. The maximum Gasteiger partial charge on any atom is 0.343 e. The van der Waals surface area contributed by atoms with Crippen molar-refractivity contribution >= 4 is 22.6 Å². The van der Waals surface area contributed by atoms with Crippen LogP contribution in [0.25, 0.3) is 10.8 Å². The zero-order chi connectivity index (χ0) is 20.9. The molecule has 0 spiro atoms. The largest absolute Gasteiger partial charge is 0.423 e. The molecule has 30 heavy (non-hydrogen) atoms. The van der Waals surface area contributed by atoms with Crippen molar-refractivity contribution in [1.82, 2.24) is 5.32 Å². The number of benzene rings is 4. The van der Waals surface area contributed by atoms with Gasteiger partial charge in [-0.3, -0.25) is 4.79 Å². The van der Waals surface area contributed by atoms with E-state index in [1.165, 1.54) is 6.92 Å². The smallest absolute Gasteiger partial charge is 0.343 e. The number of ether oxygens (including phenoxy) is 1. The topological polar surface area (TPSA) is 55.4 Å². The fourth-order valence-electron chi connectivity index (χ4n) is 3.57. The van der Waals surface area contributed by atoms with Crippen molar-refractivity contribution in [1.29, 1.82) is 0 Å². The Morgan fingerprint density at radius 2 is 1.40 bits per heavy atom. The normalized spacial score (nSPS) is 11.6. The van der Waals surface area contributed by atoms with Gasteiger partial charge in [-0.25, -0.2) is 4.79 Å². The Hall–Kier alpha value is -3.92. The standard InChI is InChI=1S/C26H21NO3/c1-18(28)27-25(20-11-4-2-5-12-20)24-22-15-9-8-10-19(22)16-17-23(24)30-26(29)21-13-6-3-7-14-21/h2-17,25H,1H3,(H,27,28). The number of hydrogen-bond acceptors (Lipinski definition) is 3. The molecule has 148 valence electrons. The predicted molar refractivity (Wildman–Crippen MR) is 117 cm³/mol. The Morgan fingerprint density at radius 3 is 2.10 bits per heavy atom. The molecule has 0 aromatic heterocycles. The number of fused-ring (bicyclic) bond motifs is 1. The van der Waals surface area contributed by atoms with Gasteiger partial charge in [0.2, 0.25) is 5.91 Å². The molecule has 4 rings (SSSR count). The Labute approximate surface area is 175 Å². The van der Waals surface area contributed by atoms with Crippen LogP contribution in [0.15, 0.2) is 97.1 Å². The van der Waals surface area contributed by atoms with Crippen molar-refractivity contribution < 1.29 is 14.3 Å². The number of hydrogen-bond donors (Lipinski definition) is 1. The van der Waals surface area contributed by atoms with Crippen LogP contribution in [0.4, 0.5) is 0 Å². The summed E-state index contributed by atoms with van der Waals surface area (Å²) in [5.41, 5.74) is 2.12. The van der Waals surface area contributed by atoms with Crippen LogP contribution < -0.4 is 10.1 Å². The van der Waals surface area contributed by atoms with E-state index in [-0.39, 0.29) is 5.91 Å². The second-order valence-electron chi connectivity index (χ2n) is 7.00. The van der Waals surface area contributed by atoms with Crippen LogP contribution >= 0.6 is 0 Å². The maximum absolute atomic E-state index is 12.8. The summed E-state index contributed by atoms with van der Waals surface area (Å²) in [6.45, 7) is 1.48. The molecule has 1 N–H and O–H groups in total.